The number of nitrogens with one attached hydrogen (secondary N) is 2. The van der Waals surface area contributed by atoms with Crippen molar-refractivity contribution < 1.29 is 4.74 Å². The van der Waals surface area contributed by atoms with Gasteiger partial charge in [-0.15, -0.1) is 0 Å². The fourth-order valence-corrected chi connectivity index (χ4v) is 3.48. The van der Waals surface area contributed by atoms with Gasteiger partial charge >= 0.3 is 0 Å². The molecule has 1 heterocycles. The van der Waals surface area contributed by atoms with Crippen molar-refractivity contribution in [3.05, 3.63) is 52.8 Å². The molecule has 0 radical (unpaired) electrons. The largest absolute Gasteiger partial charge is 0.494 e. The lowest BCUT2D eigenvalue weighted by Gasteiger charge is -2.27. The number of aryl methyl sites for hydroxylation is 1. The standard InChI is InChI=1S/C13H20N2.C12H17N5O/c1-9-7-11(13(2,3)14)8-15-12(9)10-5-4-6-10;1-13-11-9(6-5-7-10(11)18-4)12(14-2)16-8-17-15-3/h7-8,10H,4-6,14H2,1-3H3;5-8,15H,1H2,2-4H3,(H,14,16,17). The van der Waals surface area contributed by atoms with E-state index in [2.05, 4.69) is 50.5 Å². The molecule has 0 unspecified atom stereocenters. The van der Waals surface area contributed by atoms with Crippen LogP contribution >= 0.6 is 0 Å². The first-order valence-corrected chi connectivity index (χ1v) is 11.1. The number of methoxy groups -OCH3 is 1. The number of hydrogen-bond acceptors (Lipinski definition) is 6. The molecule has 0 saturated heterocycles. The monoisotopic (exact) mass is 451 g/mol. The molecule has 1 aliphatic rings. The second-order valence-corrected chi connectivity index (χ2v) is 8.49. The normalized spacial score (nSPS) is 14.3. The van der Waals surface area contributed by atoms with Crippen LogP contribution in [0.3, 0.4) is 0 Å². The van der Waals surface area contributed by atoms with Crippen molar-refractivity contribution in [2.45, 2.75) is 51.5 Å². The average Bonchev–Trinajstić information content (AvgIpc) is 2.76. The van der Waals surface area contributed by atoms with E-state index in [0.717, 1.165) is 11.1 Å². The Morgan fingerprint density at radius 1 is 1.33 bits per heavy atom. The smallest absolute Gasteiger partial charge is 0.158 e. The molecular weight excluding hydrogens is 414 g/mol. The first-order chi connectivity index (χ1) is 15.8. The van der Waals surface area contributed by atoms with Crippen molar-refractivity contribution in [2.75, 3.05) is 21.2 Å². The quantitative estimate of drug-likeness (QED) is 0.335. The number of aromatic nitrogens is 1. The number of amidine groups is 1. The van der Waals surface area contributed by atoms with Gasteiger partial charge in [0.05, 0.1) is 7.11 Å². The van der Waals surface area contributed by atoms with Gasteiger partial charge in [-0.05, 0) is 63.6 Å². The minimum atomic E-state index is -0.282. The van der Waals surface area contributed by atoms with Crippen LogP contribution < -0.4 is 21.3 Å². The molecule has 0 bridgehead atoms. The Morgan fingerprint density at radius 2 is 2.06 bits per heavy atom. The van der Waals surface area contributed by atoms with E-state index in [0.29, 0.717) is 23.2 Å². The minimum Gasteiger partial charge on any atom is -0.494 e. The van der Waals surface area contributed by atoms with Crippen LogP contribution in [0.4, 0.5) is 5.69 Å². The maximum Gasteiger partial charge on any atom is 0.158 e. The number of hydrazine groups is 1. The van der Waals surface area contributed by atoms with Gasteiger partial charge in [-0.3, -0.25) is 15.0 Å². The molecule has 1 saturated carbocycles. The van der Waals surface area contributed by atoms with Crippen LogP contribution in [0.2, 0.25) is 0 Å². The molecule has 0 aliphatic heterocycles. The highest BCUT2D eigenvalue weighted by Crippen LogP contribution is 2.37. The van der Waals surface area contributed by atoms with Gasteiger partial charge in [0.1, 0.15) is 17.8 Å². The van der Waals surface area contributed by atoms with Gasteiger partial charge in [0, 0.05) is 43.0 Å². The van der Waals surface area contributed by atoms with Gasteiger partial charge < -0.3 is 15.9 Å². The third-order valence-electron chi connectivity index (χ3n) is 5.58. The number of para-hydroxylation sites is 1. The van der Waals surface area contributed by atoms with Crippen LogP contribution in [0, 0.1) is 6.92 Å². The van der Waals surface area contributed by atoms with Crippen LogP contribution in [0.5, 0.6) is 5.75 Å². The predicted molar refractivity (Wildman–Crippen MR) is 138 cm³/mol. The Balaban J connectivity index is 0.000000237. The summed E-state index contributed by atoms with van der Waals surface area (Å²) in [7, 11) is 5.00. The maximum atomic E-state index is 6.06. The number of nitrogens with zero attached hydrogens (tertiary/aromatic N) is 4. The van der Waals surface area contributed by atoms with Crippen molar-refractivity contribution in [1.82, 2.24) is 15.8 Å². The molecule has 8 nitrogen and oxygen atoms in total. The second-order valence-electron chi connectivity index (χ2n) is 8.49. The zero-order valence-electron chi connectivity index (χ0n) is 20.6. The second kappa shape index (κ2) is 12.2. The molecular formula is C25H37N7O. The molecule has 33 heavy (non-hydrogen) atoms. The van der Waals surface area contributed by atoms with Gasteiger partial charge in [-0.2, -0.15) is 0 Å². The third kappa shape index (κ3) is 6.94. The minimum absolute atomic E-state index is 0.282. The number of nitrogens with two attached hydrogens (primary N) is 1. The van der Waals surface area contributed by atoms with E-state index in [9.17, 15) is 0 Å². The lowest BCUT2D eigenvalue weighted by molar-refractivity contribution is 0.408. The number of hydrogen-bond donors (Lipinski definition) is 3. The lowest BCUT2D eigenvalue weighted by atomic mass is 9.80. The summed E-state index contributed by atoms with van der Waals surface area (Å²) in [5.41, 5.74) is 16.4. The van der Waals surface area contributed by atoms with Crippen molar-refractivity contribution in [2.24, 2.45) is 20.7 Å². The number of aliphatic imine (C=N–C) groups is 3. The molecule has 8 heteroatoms. The Morgan fingerprint density at radius 3 is 2.55 bits per heavy atom. The van der Waals surface area contributed by atoms with Crippen LogP contribution in [-0.2, 0) is 5.54 Å². The van der Waals surface area contributed by atoms with E-state index < -0.39 is 0 Å². The van der Waals surface area contributed by atoms with Crippen molar-refractivity contribution >= 4 is 24.6 Å². The molecule has 1 aliphatic carbocycles. The summed E-state index contributed by atoms with van der Waals surface area (Å²) < 4.78 is 5.23. The summed E-state index contributed by atoms with van der Waals surface area (Å²) in [5, 5.41) is 0. The van der Waals surface area contributed by atoms with Crippen LogP contribution in [0.1, 0.15) is 61.4 Å². The zero-order chi connectivity index (χ0) is 24.4. The van der Waals surface area contributed by atoms with Crippen LogP contribution in [0.25, 0.3) is 0 Å². The van der Waals surface area contributed by atoms with Gasteiger partial charge in [0.15, 0.2) is 5.84 Å². The molecule has 0 atom stereocenters. The van der Waals surface area contributed by atoms with Gasteiger partial charge in [-0.25, -0.2) is 10.4 Å². The molecule has 3 rings (SSSR count). The lowest BCUT2D eigenvalue weighted by Crippen LogP contribution is -2.29. The first kappa shape index (κ1) is 26.2. The maximum absolute atomic E-state index is 6.06. The molecule has 1 aromatic heterocycles. The molecule has 1 fully saturated rings. The number of rotatable bonds is 7. The molecule has 0 amide bonds. The average molecular weight is 452 g/mol. The van der Waals surface area contributed by atoms with E-state index in [-0.39, 0.29) is 5.54 Å². The Hall–Kier alpha value is -3.10. The first-order valence-electron chi connectivity index (χ1n) is 11.1. The number of benzene rings is 1. The highest BCUT2D eigenvalue weighted by Gasteiger charge is 2.24. The highest BCUT2D eigenvalue weighted by atomic mass is 16.5. The fraction of sp³-hybridized carbons (Fsp3) is 0.440. The van der Waals surface area contributed by atoms with Crippen LogP contribution in [0.15, 0.2) is 45.4 Å². The Bertz CT molecular complexity index is 989. The van der Waals surface area contributed by atoms with E-state index >= 15 is 0 Å². The van der Waals surface area contributed by atoms with Crippen molar-refractivity contribution in [1.29, 1.82) is 0 Å². The van der Waals surface area contributed by atoms with Gasteiger partial charge in [0.25, 0.3) is 0 Å². The SMILES string of the molecule is C=Nc1c(OC)cccc1C(N=CNNC)=NC.Cc1cc(C(C)(C)N)cnc1C1CCC1. The predicted octanol–water partition coefficient (Wildman–Crippen LogP) is 4.01. The zero-order valence-corrected chi connectivity index (χ0v) is 20.6. The van der Waals surface area contributed by atoms with E-state index in [4.69, 9.17) is 10.5 Å². The number of pyridine rings is 1. The van der Waals surface area contributed by atoms with Crippen LogP contribution in [-0.4, -0.2) is 45.1 Å². The highest BCUT2D eigenvalue weighted by molar-refractivity contribution is 6.07. The van der Waals surface area contributed by atoms with E-state index in [1.54, 1.807) is 21.2 Å². The van der Waals surface area contributed by atoms with E-state index in [1.165, 1.54) is 36.9 Å². The summed E-state index contributed by atoms with van der Waals surface area (Å²) in [6.07, 6.45) is 7.42. The van der Waals surface area contributed by atoms with Gasteiger partial charge in [0.2, 0.25) is 0 Å². The summed E-state index contributed by atoms with van der Waals surface area (Å²) in [4.78, 5) is 16.9. The molecule has 4 N–H and O–H groups in total. The molecule has 178 valence electrons. The molecule has 1 aromatic carbocycles. The summed E-state index contributed by atoms with van der Waals surface area (Å²) in [6.45, 7) is 9.74. The van der Waals surface area contributed by atoms with Gasteiger partial charge in [-0.1, -0.05) is 18.6 Å². The summed E-state index contributed by atoms with van der Waals surface area (Å²) >= 11 is 0. The summed E-state index contributed by atoms with van der Waals surface area (Å²) in [6, 6.07) is 7.73. The van der Waals surface area contributed by atoms with Crippen molar-refractivity contribution in [3.8, 4) is 5.75 Å². The Kier molecular flexibility index (Phi) is 9.69. The third-order valence-corrected chi connectivity index (χ3v) is 5.58. The molecule has 0 spiro atoms. The number of ether oxygens (including phenoxy) is 1. The fourth-order valence-electron chi connectivity index (χ4n) is 3.48. The topological polar surface area (TPSA) is 109 Å². The van der Waals surface area contributed by atoms with Crippen molar-refractivity contribution in [3.63, 3.8) is 0 Å². The Labute approximate surface area is 197 Å². The molecule has 2 aromatic rings. The van der Waals surface area contributed by atoms with E-state index in [1.807, 2.05) is 38.2 Å². The summed E-state index contributed by atoms with van der Waals surface area (Å²) in [5.74, 6) is 1.89.